The van der Waals surface area contributed by atoms with Crippen LogP contribution in [-0.2, 0) is 0 Å². The van der Waals surface area contributed by atoms with Crippen molar-refractivity contribution in [3.63, 3.8) is 0 Å². The quantitative estimate of drug-likeness (QED) is 0.790. The van der Waals surface area contributed by atoms with E-state index in [-0.39, 0.29) is 11.3 Å². The van der Waals surface area contributed by atoms with Crippen molar-refractivity contribution in [2.45, 2.75) is 6.92 Å². The number of rotatable bonds is 5. The molecule has 0 N–H and O–H groups in total. The lowest BCUT2D eigenvalue weighted by Gasteiger charge is -2.11. The maximum absolute atomic E-state index is 14.0. The first-order valence-corrected chi connectivity index (χ1v) is 6.38. The molecule has 0 amide bonds. The summed E-state index contributed by atoms with van der Waals surface area (Å²) >= 11 is 0. The summed E-state index contributed by atoms with van der Waals surface area (Å²) < 4.78 is 38.0. The monoisotopic (exact) mass is 292 g/mol. The Kier molecular flexibility index (Phi) is 4.52. The fourth-order valence-electron chi connectivity index (χ4n) is 1.95. The first kappa shape index (κ1) is 15.0. The molecule has 0 spiro atoms. The van der Waals surface area contributed by atoms with Gasteiger partial charge in [0.2, 0.25) is 5.78 Å². The summed E-state index contributed by atoms with van der Waals surface area (Å²) in [5.74, 6) is -2.40. The standard InChI is InChI=1S/C16H14F2O3/c1-3-21-14-7-5-4-6-11(14)16(19)15-12(17)8-10(20-2)9-13(15)18/h4-9H,3H2,1-2H3. The van der Waals surface area contributed by atoms with Gasteiger partial charge in [0.25, 0.3) is 0 Å². The van der Waals surface area contributed by atoms with Gasteiger partial charge in [0.05, 0.1) is 24.8 Å². The normalized spacial score (nSPS) is 10.3. The number of methoxy groups -OCH3 is 1. The van der Waals surface area contributed by atoms with Gasteiger partial charge in [-0.1, -0.05) is 12.1 Å². The van der Waals surface area contributed by atoms with Crippen LogP contribution in [0.5, 0.6) is 11.5 Å². The lowest BCUT2D eigenvalue weighted by molar-refractivity contribution is 0.102. The van der Waals surface area contributed by atoms with Crippen molar-refractivity contribution < 1.29 is 23.0 Å². The largest absolute Gasteiger partial charge is 0.497 e. The van der Waals surface area contributed by atoms with Crippen molar-refractivity contribution in [3.05, 3.63) is 59.2 Å². The van der Waals surface area contributed by atoms with Gasteiger partial charge in [0.15, 0.2) is 0 Å². The van der Waals surface area contributed by atoms with E-state index < -0.39 is 23.0 Å². The van der Waals surface area contributed by atoms with E-state index in [1.807, 2.05) is 0 Å². The molecule has 0 atom stereocenters. The van der Waals surface area contributed by atoms with Crippen LogP contribution in [0.4, 0.5) is 8.78 Å². The molecule has 0 bridgehead atoms. The van der Waals surface area contributed by atoms with Crippen molar-refractivity contribution in [1.82, 2.24) is 0 Å². The Labute approximate surface area is 121 Å². The molecule has 0 aliphatic heterocycles. The molecule has 21 heavy (non-hydrogen) atoms. The topological polar surface area (TPSA) is 35.5 Å². The molecule has 0 radical (unpaired) electrons. The van der Waals surface area contributed by atoms with Gasteiger partial charge in [-0.2, -0.15) is 0 Å². The minimum atomic E-state index is -0.969. The average Bonchev–Trinajstić information content (AvgIpc) is 2.47. The highest BCUT2D eigenvalue weighted by Gasteiger charge is 2.23. The number of hydrogen-bond acceptors (Lipinski definition) is 3. The van der Waals surface area contributed by atoms with Gasteiger partial charge in [0.1, 0.15) is 23.1 Å². The minimum Gasteiger partial charge on any atom is -0.497 e. The molecule has 2 rings (SSSR count). The van der Waals surface area contributed by atoms with Gasteiger partial charge in [-0.25, -0.2) is 8.78 Å². The van der Waals surface area contributed by atoms with Crippen LogP contribution in [0.2, 0.25) is 0 Å². The summed E-state index contributed by atoms with van der Waals surface area (Å²) in [6.07, 6.45) is 0. The lowest BCUT2D eigenvalue weighted by atomic mass is 10.0. The molecule has 0 aromatic heterocycles. The van der Waals surface area contributed by atoms with Crippen LogP contribution < -0.4 is 9.47 Å². The van der Waals surface area contributed by atoms with Crippen molar-refractivity contribution in [2.75, 3.05) is 13.7 Å². The maximum atomic E-state index is 14.0. The third-order valence-corrected chi connectivity index (χ3v) is 2.91. The van der Waals surface area contributed by atoms with Crippen LogP contribution in [0.15, 0.2) is 36.4 Å². The van der Waals surface area contributed by atoms with E-state index in [1.165, 1.54) is 13.2 Å². The van der Waals surface area contributed by atoms with Crippen LogP contribution in [0.25, 0.3) is 0 Å². The number of halogens is 2. The number of carbonyl (C=O) groups excluding carboxylic acids is 1. The van der Waals surface area contributed by atoms with E-state index in [0.717, 1.165) is 12.1 Å². The number of ketones is 1. The van der Waals surface area contributed by atoms with Crippen molar-refractivity contribution >= 4 is 5.78 Å². The van der Waals surface area contributed by atoms with E-state index in [1.54, 1.807) is 25.1 Å². The lowest BCUT2D eigenvalue weighted by Crippen LogP contribution is -2.10. The highest BCUT2D eigenvalue weighted by molar-refractivity contribution is 6.11. The first-order chi connectivity index (χ1) is 10.1. The van der Waals surface area contributed by atoms with Crippen molar-refractivity contribution in [3.8, 4) is 11.5 Å². The summed E-state index contributed by atoms with van der Waals surface area (Å²) in [4.78, 5) is 12.4. The Morgan fingerprint density at radius 2 is 1.76 bits per heavy atom. The minimum absolute atomic E-state index is 0.0136. The number of ether oxygens (including phenoxy) is 2. The average molecular weight is 292 g/mol. The van der Waals surface area contributed by atoms with Gasteiger partial charge in [-0.15, -0.1) is 0 Å². The molecule has 5 heteroatoms. The predicted octanol–water partition coefficient (Wildman–Crippen LogP) is 3.60. The van der Waals surface area contributed by atoms with Crippen LogP contribution >= 0.6 is 0 Å². The zero-order chi connectivity index (χ0) is 15.4. The molecule has 0 unspecified atom stereocenters. The molecular formula is C16H14F2O3. The summed E-state index contributed by atoms with van der Waals surface area (Å²) in [6.45, 7) is 2.10. The summed E-state index contributed by atoms with van der Waals surface area (Å²) in [5.41, 5.74) is -0.509. The Balaban J connectivity index is 2.50. The number of benzene rings is 2. The second kappa shape index (κ2) is 6.35. The van der Waals surface area contributed by atoms with Crippen molar-refractivity contribution in [2.24, 2.45) is 0 Å². The van der Waals surface area contributed by atoms with E-state index >= 15 is 0 Å². The maximum Gasteiger partial charge on any atom is 0.202 e. The zero-order valence-electron chi connectivity index (χ0n) is 11.7. The molecule has 0 saturated carbocycles. The van der Waals surface area contributed by atoms with Crippen LogP contribution in [0, 0.1) is 11.6 Å². The zero-order valence-corrected chi connectivity index (χ0v) is 11.7. The first-order valence-electron chi connectivity index (χ1n) is 6.38. The second-order valence-corrected chi connectivity index (χ2v) is 4.22. The van der Waals surface area contributed by atoms with Gasteiger partial charge in [-0.05, 0) is 19.1 Å². The number of carbonyl (C=O) groups is 1. The summed E-state index contributed by atoms with van der Waals surface area (Å²) in [5, 5.41) is 0. The fraction of sp³-hybridized carbons (Fsp3) is 0.188. The Hall–Kier alpha value is -2.43. The third-order valence-electron chi connectivity index (χ3n) is 2.91. The smallest absolute Gasteiger partial charge is 0.202 e. The van der Waals surface area contributed by atoms with Gasteiger partial charge >= 0.3 is 0 Å². The molecular weight excluding hydrogens is 278 g/mol. The number of para-hydroxylation sites is 1. The molecule has 3 nitrogen and oxygen atoms in total. The van der Waals surface area contributed by atoms with E-state index in [4.69, 9.17) is 9.47 Å². The number of hydrogen-bond donors (Lipinski definition) is 0. The van der Waals surface area contributed by atoms with Crippen molar-refractivity contribution in [1.29, 1.82) is 0 Å². The molecule has 2 aromatic carbocycles. The Morgan fingerprint density at radius 1 is 1.14 bits per heavy atom. The summed E-state index contributed by atoms with van der Waals surface area (Å²) in [7, 11) is 1.29. The molecule has 0 heterocycles. The van der Waals surface area contributed by atoms with E-state index in [9.17, 15) is 13.6 Å². The second-order valence-electron chi connectivity index (χ2n) is 4.22. The Bertz CT molecular complexity index is 645. The highest BCUT2D eigenvalue weighted by atomic mass is 19.1. The van der Waals surface area contributed by atoms with E-state index in [2.05, 4.69) is 0 Å². The molecule has 0 saturated heterocycles. The predicted molar refractivity (Wildman–Crippen MR) is 74.0 cm³/mol. The molecule has 0 fully saturated rings. The third kappa shape index (κ3) is 3.02. The highest BCUT2D eigenvalue weighted by Crippen LogP contribution is 2.26. The SMILES string of the molecule is CCOc1ccccc1C(=O)c1c(F)cc(OC)cc1F. The van der Waals surface area contributed by atoms with Crippen LogP contribution in [0.1, 0.15) is 22.8 Å². The van der Waals surface area contributed by atoms with Gasteiger partial charge < -0.3 is 9.47 Å². The van der Waals surface area contributed by atoms with Crippen LogP contribution in [-0.4, -0.2) is 19.5 Å². The molecule has 110 valence electrons. The fourth-order valence-corrected chi connectivity index (χ4v) is 1.95. The molecule has 0 aliphatic carbocycles. The summed E-state index contributed by atoms with van der Waals surface area (Å²) in [6, 6.07) is 8.28. The van der Waals surface area contributed by atoms with Gasteiger partial charge in [0, 0.05) is 12.1 Å². The van der Waals surface area contributed by atoms with Crippen LogP contribution in [0.3, 0.4) is 0 Å². The van der Waals surface area contributed by atoms with Gasteiger partial charge in [-0.3, -0.25) is 4.79 Å². The molecule has 0 aliphatic rings. The Morgan fingerprint density at radius 3 is 2.33 bits per heavy atom. The molecule has 2 aromatic rings. The van der Waals surface area contributed by atoms with E-state index in [0.29, 0.717) is 12.4 Å².